The van der Waals surface area contributed by atoms with Crippen LogP contribution in [0.25, 0.3) is 0 Å². The van der Waals surface area contributed by atoms with Gasteiger partial charge in [0.25, 0.3) is 17.3 Å². The van der Waals surface area contributed by atoms with Crippen molar-refractivity contribution < 1.29 is 19.4 Å². The van der Waals surface area contributed by atoms with Crippen LogP contribution in [0.15, 0.2) is 36.4 Å². The number of amides is 1. The predicted octanol–water partition coefficient (Wildman–Crippen LogP) is 3.07. The highest BCUT2D eigenvalue weighted by atomic mass is 16.6. The molecular weight excluding hydrogens is 318 g/mol. The van der Waals surface area contributed by atoms with E-state index < -0.39 is 27.1 Å². The van der Waals surface area contributed by atoms with Gasteiger partial charge in [0.1, 0.15) is 5.75 Å². The molecule has 0 heterocycles. The lowest BCUT2D eigenvalue weighted by atomic mass is 10.1. The van der Waals surface area contributed by atoms with Crippen molar-refractivity contribution in [3.63, 3.8) is 0 Å². The first kappa shape index (κ1) is 16.9. The van der Waals surface area contributed by atoms with Gasteiger partial charge in [-0.2, -0.15) is 0 Å². The molecule has 124 valence electrons. The largest absolute Gasteiger partial charge is 0.495 e. The topological polar surface area (TPSA) is 125 Å². The maximum atomic E-state index is 12.3. The Kier molecular flexibility index (Phi) is 4.73. The van der Waals surface area contributed by atoms with E-state index in [-0.39, 0.29) is 5.56 Å². The highest BCUT2D eigenvalue weighted by Gasteiger charge is 2.20. The van der Waals surface area contributed by atoms with Crippen LogP contribution in [0.5, 0.6) is 5.75 Å². The van der Waals surface area contributed by atoms with Crippen LogP contribution in [-0.2, 0) is 0 Å². The SMILES string of the molecule is COc1cc(C)ccc1NC(=O)c1cc([N+](=O)[O-])cc([N+](=O)[O-])c1. The quantitative estimate of drug-likeness (QED) is 0.663. The zero-order chi connectivity index (χ0) is 17.9. The van der Waals surface area contributed by atoms with Gasteiger partial charge in [-0.1, -0.05) is 6.07 Å². The Bertz CT molecular complexity index is 802. The maximum Gasteiger partial charge on any atom is 0.277 e. The van der Waals surface area contributed by atoms with Crippen molar-refractivity contribution in [3.8, 4) is 5.75 Å². The lowest BCUT2D eigenvalue weighted by molar-refractivity contribution is -0.394. The van der Waals surface area contributed by atoms with Gasteiger partial charge in [0.2, 0.25) is 0 Å². The number of non-ortho nitro benzene ring substituents is 2. The number of ether oxygens (including phenoxy) is 1. The van der Waals surface area contributed by atoms with E-state index in [1.807, 2.05) is 6.92 Å². The number of hydrogen-bond acceptors (Lipinski definition) is 6. The molecule has 2 rings (SSSR count). The summed E-state index contributed by atoms with van der Waals surface area (Å²) in [7, 11) is 1.43. The summed E-state index contributed by atoms with van der Waals surface area (Å²) < 4.78 is 5.16. The Labute approximate surface area is 136 Å². The van der Waals surface area contributed by atoms with Crippen molar-refractivity contribution >= 4 is 23.0 Å². The van der Waals surface area contributed by atoms with Crippen LogP contribution < -0.4 is 10.1 Å². The fourth-order valence-electron chi connectivity index (χ4n) is 2.03. The molecule has 0 bridgehead atoms. The number of nitrogens with one attached hydrogen (secondary N) is 1. The third-order valence-corrected chi connectivity index (χ3v) is 3.19. The highest BCUT2D eigenvalue weighted by Crippen LogP contribution is 2.27. The molecule has 2 aromatic rings. The molecule has 1 N–H and O–H groups in total. The number of hydrogen-bond donors (Lipinski definition) is 1. The number of carbonyl (C=O) groups is 1. The molecule has 0 fully saturated rings. The number of carbonyl (C=O) groups excluding carboxylic acids is 1. The first-order valence-corrected chi connectivity index (χ1v) is 6.71. The lowest BCUT2D eigenvalue weighted by Gasteiger charge is -2.11. The van der Waals surface area contributed by atoms with Gasteiger partial charge in [0, 0.05) is 12.1 Å². The summed E-state index contributed by atoms with van der Waals surface area (Å²) in [6.45, 7) is 1.85. The van der Waals surface area contributed by atoms with Crippen molar-refractivity contribution in [2.75, 3.05) is 12.4 Å². The van der Waals surface area contributed by atoms with Gasteiger partial charge in [0.05, 0.1) is 34.3 Å². The van der Waals surface area contributed by atoms with Crippen molar-refractivity contribution in [2.24, 2.45) is 0 Å². The normalized spacial score (nSPS) is 10.1. The molecule has 0 atom stereocenters. The van der Waals surface area contributed by atoms with Gasteiger partial charge in [-0.25, -0.2) is 0 Å². The van der Waals surface area contributed by atoms with Gasteiger partial charge in [-0.3, -0.25) is 25.0 Å². The lowest BCUT2D eigenvalue weighted by Crippen LogP contribution is -2.13. The monoisotopic (exact) mass is 331 g/mol. The van der Waals surface area contributed by atoms with Gasteiger partial charge in [0.15, 0.2) is 0 Å². The van der Waals surface area contributed by atoms with Crippen LogP contribution in [0.1, 0.15) is 15.9 Å². The summed E-state index contributed by atoms with van der Waals surface area (Å²) in [6, 6.07) is 7.80. The van der Waals surface area contributed by atoms with E-state index in [0.29, 0.717) is 11.4 Å². The second-order valence-corrected chi connectivity index (χ2v) is 4.91. The summed E-state index contributed by atoms with van der Waals surface area (Å²) in [5, 5.41) is 24.3. The molecule has 0 spiro atoms. The third kappa shape index (κ3) is 3.64. The first-order valence-electron chi connectivity index (χ1n) is 6.71. The smallest absolute Gasteiger partial charge is 0.277 e. The second kappa shape index (κ2) is 6.73. The van der Waals surface area contributed by atoms with E-state index in [1.165, 1.54) is 7.11 Å². The molecule has 0 radical (unpaired) electrons. The van der Waals surface area contributed by atoms with Crippen LogP contribution in [0.4, 0.5) is 17.1 Å². The molecule has 24 heavy (non-hydrogen) atoms. The van der Waals surface area contributed by atoms with Crippen LogP contribution >= 0.6 is 0 Å². The third-order valence-electron chi connectivity index (χ3n) is 3.19. The number of nitro groups is 2. The number of nitro benzene ring substituents is 2. The Hall–Kier alpha value is -3.49. The number of rotatable bonds is 5. The van der Waals surface area contributed by atoms with E-state index in [1.54, 1.807) is 18.2 Å². The van der Waals surface area contributed by atoms with E-state index in [9.17, 15) is 25.0 Å². The minimum atomic E-state index is -0.795. The molecule has 0 unspecified atom stereocenters. The molecule has 0 aliphatic carbocycles. The number of aryl methyl sites for hydroxylation is 1. The van der Waals surface area contributed by atoms with E-state index in [4.69, 9.17) is 4.74 Å². The maximum absolute atomic E-state index is 12.3. The fraction of sp³-hybridized carbons (Fsp3) is 0.133. The van der Waals surface area contributed by atoms with Crippen LogP contribution in [-0.4, -0.2) is 22.9 Å². The predicted molar refractivity (Wildman–Crippen MR) is 85.4 cm³/mol. The van der Waals surface area contributed by atoms with Crippen molar-refractivity contribution in [2.45, 2.75) is 6.92 Å². The molecule has 9 nitrogen and oxygen atoms in total. The van der Waals surface area contributed by atoms with Gasteiger partial charge in [-0.15, -0.1) is 0 Å². The molecule has 0 aliphatic heterocycles. The van der Waals surface area contributed by atoms with Crippen molar-refractivity contribution in [1.29, 1.82) is 0 Å². The molecule has 2 aromatic carbocycles. The summed E-state index contributed by atoms with van der Waals surface area (Å²) in [5.74, 6) is -0.313. The highest BCUT2D eigenvalue weighted by molar-refractivity contribution is 6.05. The van der Waals surface area contributed by atoms with Gasteiger partial charge in [-0.05, 0) is 24.6 Å². The average Bonchev–Trinajstić information content (AvgIpc) is 2.55. The Morgan fingerprint density at radius 1 is 1.04 bits per heavy atom. The Morgan fingerprint density at radius 3 is 2.12 bits per heavy atom. The summed E-state index contributed by atoms with van der Waals surface area (Å²) in [4.78, 5) is 32.5. The fourth-order valence-corrected chi connectivity index (χ4v) is 2.03. The molecule has 9 heteroatoms. The number of anilines is 1. The minimum absolute atomic E-state index is 0.196. The Balaban J connectivity index is 2.39. The number of benzene rings is 2. The van der Waals surface area contributed by atoms with Crippen molar-refractivity contribution in [3.05, 3.63) is 67.8 Å². The molecular formula is C15H13N3O6. The average molecular weight is 331 g/mol. The summed E-state index contributed by atoms with van der Waals surface area (Å²) in [5.41, 5.74) is -0.00735. The van der Waals surface area contributed by atoms with Gasteiger partial charge >= 0.3 is 0 Å². The summed E-state index contributed by atoms with van der Waals surface area (Å²) in [6.07, 6.45) is 0. The standard InChI is InChI=1S/C15H13N3O6/c1-9-3-4-13(14(5-9)24-2)16-15(19)10-6-11(17(20)21)8-12(7-10)18(22)23/h3-8H,1-2H3,(H,16,19). The van der Waals surface area contributed by atoms with Crippen LogP contribution in [0, 0.1) is 27.2 Å². The van der Waals surface area contributed by atoms with Crippen molar-refractivity contribution in [1.82, 2.24) is 0 Å². The number of methoxy groups -OCH3 is 1. The molecule has 1 amide bonds. The zero-order valence-corrected chi connectivity index (χ0v) is 12.8. The van der Waals surface area contributed by atoms with Crippen LogP contribution in [0.2, 0.25) is 0 Å². The Morgan fingerprint density at radius 2 is 1.62 bits per heavy atom. The van der Waals surface area contributed by atoms with Crippen LogP contribution in [0.3, 0.4) is 0 Å². The first-order chi connectivity index (χ1) is 11.3. The number of nitrogens with zero attached hydrogens (tertiary/aromatic N) is 2. The molecule has 0 aromatic heterocycles. The molecule has 0 saturated carbocycles. The van der Waals surface area contributed by atoms with E-state index >= 15 is 0 Å². The van der Waals surface area contributed by atoms with E-state index in [2.05, 4.69) is 5.32 Å². The molecule has 0 aliphatic rings. The van der Waals surface area contributed by atoms with E-state index in [0.717, 1.165) is 23.8 Å². The zero-order valence-electron chi connectivity index (χ0n) is 12.8. The van der Waals surface area contributed by atoms with Gasteiger partial charge < -0.3 is 10.1 Å². The summed E-state index contributed by atoms with van der Waals surface area (Å²) >= 11 is 0. The second-order valence-electron chi connectivity index (χ2n) is 4.91. The minimum Gasteiger partial charge on any atom is -0.495 e. The molecule has 0 saturated heterocycles.